The molecule has 1 saturated heterocycles. The van der Waals surface area contributed by atoms with Gasteiger partial charge in [-0.25, -0.2) is 15.0 Å². The number of hydrogen-bond donors (Lipinski definition) is 2. The van der Waals surface area contributed by atoms with Gasteiger partial charge in [0, 0.05) is 45.1 Å². The van der Waals surface area contributed by atoms with Crippen LogP contribution >= 0.6 is 24.0 Å². The Labute approximate surface area is 161 Å². The summed E-state index contributed by atoms with van der Waals surface area (Å²) in [6.45, 7) is 12.3. The Morgan fingerprint density at radius 1 is 1.29 bits per heavy atom. The molecule has 1 aromatic rings. The van der Waals surface area contributed by atoms with Crippen LogP contribution in [0, 0.1) is 0 Å². The van der Waals surface area contributed by atoms with E-state index in [-0.39, 0.29) is 24.0 Å². The zero-order valence-corrected chi connectivity index (χ0v) is 16.6. The number of hydrogen-bond acceptors (Lipinski definition) is 5. The van der Waals surface area contributed by atoms with Crippen LogP contribution in [0.15, 0.2) is 35.6 Å². The van der Waals surface area contributed by atoms with Crippen LogP contribution in [0.3, 0.4) is 0 Å². The van der Waals surface area contributed by atoms with E-state index < -0.39 is 0 Å². The van der Waals surface area contributed by atoms with E-state index in [0.717, 1.165) is 57.2 Å². The largest absolute Gasteiger partial charge is 0.370 e. The topological polar surface area (TPSA) is 82.7 Å². The van der Waals surface area contributed by atoms with Crippen LogP contribution in [0.1, 0.15) is 13.3 Å². The van der Waals surface area contributed by atoms with E-state index in [4.69, 9.17) is 5.73 Å². The summed E-state index contributed by atoms with van der Waals surface area (Å²) in [6, 6.07) is 1.85. The third-order valence-corrected chi connectivity index (χ3v) is 3.68. The molecule has 0 radical (unpaired) electrons. The third-order valence-electron chi connectivity index (χ3n) is 3.68. The first-order valence-corrected chi connectivity index (χ1v) is 8.07. The molecule has 1 aliphatic rings. The fourth-order valence-electron chi connectivity index (χ4n) is 2.42. The summed E-state index contributed by atoms with van der Waals surface area (Å²) in [7, 11) is 0. The molecule has 1 aromatic heterocycles. The first-order valence-electron chi connectivity index (χ1n) is 8.07. The number of aromatic nitrogens is 2. The predicted molar refractivity (Wildman–Crippen MR) is 110 cm³/mol. The summed E-state index contributed by atoms with van der Waals surface area (Å²) in [6.07, 6.45) is 4.63. The number of guanidine groups is 1. The molecular formula is C16H28IN7. The standard InChI is InChI=1S/C16H27N7.HI/c1-14(2)13-21-15(17)18-7-4-8-22-9-11-23(12-10-22)16-19-5-3-6-20-16;/h3,5-6H,1,4,7-13H2,2H3,(H3,17,18,21);1H. The monoisotopic (exact) mass is 445 g/mol. The van der Waals surface area contributed by atoms with Gasteiger partial charge in [-0.1, -0.05) is 12.2 Å². The van der Waals surface area contributed by atoms with Gasteiger partial charge in [-0.05, 0) is 26.0 Å². The molecule has 0 spiro atoms. The lowest BCUT2D eigenvalue weighted by Crippen LogP contribution is -2.47. The number of nitrogens with two attached hydrogens (primary N) is 1. The summed E-state index contributed by atoms with van der Waals surface area (Å²) in [5.74, 6) is 1.33. The van der Waals surface area contributed by atoms with Crippen LogP contribution in [-0.4, -0.2) is 66.6 Å². The molecule has 0 amide bonds. The van der Waals surface area contributed by atoms with Crippen molar-refractivity contribution in [1.82, 2.24) is 20.2 Å². The predicted octanol–water partition coefficient (Wildman–Crippen LogP) is 1.09. The molecule has 134 valence electrons. The Balaban J connectivity index is 0.00000288. The fraction of sp³-hybridized carbons (Fsp3) is 0.562. The van der Waals surface area contributed by atoms with Crippen molar-refractivity contribution in [2.45, 2.75) is 13.3 Å². The lowest BCUT2D eigenvalue weighted by Gasteiger charge is -2.34. The van der Waals surface area contributed by atoms with Crippen molar-refractivity contribution in [2.24, 2.45) is 10.7 Å². The van der Waals surface area contributed by atoms with E-state index in [9.17, 15) is 0 Å². The van der Waals surface area contributed by atoms with Crippen LogP contribution in [0.2, 0.25) is 0 Å². The molecule has 0 atom stereocenters. The van der Waals surface area contributed by atoms with Crippen LogP contribution < -0.4 is 16.0 Å². The zero-order chi connectivity index (χ0) is 16.5. The highest BCUT2D eigenvalue weighted by Crippen LogP contribution is 2.09. The second-order valence-electron chi connectivity index (χ2n) is 5.82. The Hall–Kier alpha value is -1.42. The average molecular weight is 445 g/mol. The molecule has 1 fully saturated rings. The summed E-state index contributed by atoms with van der Waals surface area (Å²) >= 11 is 0. The van der Waals surface area contributed by atoms with Gasteiger partial charge in [-0.15, -0.1) is 24.0 Å². The highest BCUT2D eigenvalue weighted by molar-refractivity contribution is 14.0. The maximum absolute atomic E-state index is 5.79. The van der Waals surface area contributed by atoms with Gasteiger partial charge in [0.1, 0.15) is 0 Å². The minimum atomic E-state index is 0. The molecule has 0 unspecified atom stereocenters. The Kier molecular flexibility index (Phi) is 9.62. The van der Waals surface area contributed by atoms with E-state index in [1.165, 1.54) is 0 Å². The quantitative estimate of drug-likeness (QED) is 0.215. The van der Waals surface area contributed by atoms with Crippen molar-refractivity contribution >= 4 is 35.9 Å². The summed E-state index contributed by atoms with van der Waals surface area (Å²) in [5, 5.41) is 3.14. The minimum absolute atomic E-state index is 0. The maximum atomic E-state index is 5.79. The van der Waals surface area contributed by atoms with E-state index >= 15 is 0 Å². The van der Waals surface area contributed by atoms with Crippen LogP contribution in [0.4, 0.5) is 5.95 Å². The molecule has 2 rings (SSSR count). The van der Waals surface area contributed by atoms with Crippen LogP contribution in [0.5, 0.6) is 0 Å². The number of nitrogens with zero attached hydrogens (tertiary/aromatic N) is 5. The van der Waals surface area contributed by atoms with Crippen molar-refractivity contribution < 1.29 is 0 Å². The van der Waals surface area contributed by atoms with Gasteiger partial charge in [0.15, 0.2) is 5.96 Å². The highest BCUT2D eigenvalue weighted by Gasteiger charge is 2.17. The Morgan fingerprint density at radius 3 is 2.58 bits per heavy atom. The second kappa shape index (κ2) is 11.2. The smallest absolute Gasteiger partial charge is 0.225 e. The molecule has 0 bridgehead atoms. The van der Waals surface area contributed by atoms with Gasteiger partial charge in [0.05, 0.1) is 6.54 Å². The van der Waals surface area contributed by atoms with Gasteiger partial charge in [0.2, 0.25) is 5.95 Å². The summed E-state index contributed by atoms with van der Waals surface area (Å²) < 4.78 is 0. The van der Waals surface area contributed by atoms with E-state index in [0.29, 0.717) is 12.5 Å². The van der Waals surface area contributed by atoms with Crippen molar-refractivity contribution in [3.05, 3.63) is 30.6 Å². The lowest BCUT2D eigenvalue weighted by molar-refractivity contribution is 0.254. The number of halogens is 1. The molecule has 3 N–H and O–H groups in total. The number of piperazine rings is 1. The summed E-state index contributed by atoms with van der Waals surface area (Å²) in [4.78, 5) is 17.5. The number of anilines is 1. The molecule has 0 saturated carbocycles. The Bertz CT molecular complexity index is 512. The maximum Gasteiger partial charge on any atom is 0.225 e. The van der Waals surface area contributed by atoms with Gasteiger partial charge in [-0.2, -0.15) is 0 Å². The number of rotatable bonds is 7. The molecule has 7 nitrogen and oxygen atoms in total. The first kappa shape index (κ1) is 20.6. The number of nitrogens with one attached hydrogen (secondary N) is 1. The molecule has 0 aliphatic carbocycles. The molecule has 1 aliphatic heterocycles. The number of aliphatic imine (C=N–C) groups is 1. The van der Waals surface area contributed by atoms with E-state index in [1.54, 1.807) is 12.4 Å². The fourth-order valence-corrected chi connectivity index (χ4v) is 2.42. The Morgan fingerprint density at radius 2 is 1.96 bits per heavy atom. The van der Waals surface area contributed by atoms with Crippen molar-refractivity contribution in [3.63, 3.8) is 0 Å². The zero-order valence-electron chi connectivity index (χ0n) is 14.3. The van der Waals surface area contributed by atoms with Crippen molar-refractivity contribution in [2.75, 3.05) is 50.7 Å². The SMILES string of the molecule is C=C(C)CN=C(N)NCCCN1CCN(c2ncccn2)CC1.I. The second-order valence-corrected chi connectivity index (χ2v) is 5.82. The van der Waals surface area contributed by atoms with E-state index in [1.807, 2.05) is 13.0 Å². The molecule has 24 heavy (non-hydrogen) atoms. The van der Waals surface area contributed by atoms with Crippen LogP contribution in [0.25, 0.3) is 0 Å². The molecule has 0 aromatic carbocycles. The van der Waals surface area contributed by atoms with Gasteiger partial charge in [-0.3, -0.25) is 4.90 Å². The van der Waals surface area contributed by atoms with Gasteiger partial charge < -0.3 is 16.0 Å². The molecular weight excluding hydrogens is 417 g/mol. The van der Waals surface area contributed by atoms with Crippen molar-refractivity contribution in [3.8, 4) is 0 Å². The van der Waals surface area contributed by atoms with Gasteiger partial charge >= 0.3 is 0 Å². The first-order chi connectivity index (χ1) is 11.1. The molecule has 2 heterocycles. The lowest BCUT2D eigenvalue weighted by atomic mass is 10.3. The highest BCUT2D eigenvalue weighted by atomic mass is 127. The average Bonchev–Trinajstić information content (AvgIpc) is 2.58. The van der Waals surface area contributed by atoms with Crippen molar-refractivity contribution in [1.29, 1.82) is 0 Å². The van der Waals surface area contributed by atoms with Crippen LogP contribution in [-0.2, 0) is 0 Å². The minimum Gasteiger partial charge on any atom is -0.370 e. The summed E-state index contributed by atoms with van der Waals surface area (Å²) in [5.41, 5.74) is 6.80. The third kappa shape index (κ3) is 7.43. The van der Waals surface area contributed by atoms with E-state index in [2.05, 4.69) is 36.7 Å². The normalized spacial score (nSPS) is 15.7. The molecule has 8 heteroatoms. The van der Waals surface area contributed by atoms with Gasteiger partial charge in [0.25, 0.3) is 0 Å².